The molecule has 0 aliphatic rings. The van der Waals surface area contributed by atoms with E-state index in [1.807, 2.05) is 19.9 Å². The van der Waals surface area contributed by atoms with E-state index >= 15 is 0 Å². The zero-order valence-electron chi connectivity index (χ0n) is 7.80. The lowest BCUT2D eigenvalue weighted by Crippen LogP contribution is -1.95. The van der Waals surface area contributed by atoms with Crippen molar-refractivity contribution in [3.8, 4) is 0 Å². The quantitative estimate of drug-likeness (QED) is 0.443. The van der Waals surface area contributed by atoms with Gasteiger partial charge in [0.2, 0.25) is 0 Å². The van der Waals surface area contributed by atoms with Crippen molar-refractivity contribution in [3.63, 3.8) is 0 Å². The van der Waals surface area contributed by atoms with Crippen molar-refractivity contribution in [2.75, 3.05) is 0 Å². The predicted octanol–water partition coefficient (Wildman–Crippen LogP) is 3.28. The van der Waals surface area contributed by atoms with Gasteiger partial charge < -0.3 is 0 Å². The van der Waals surface area contributed by atoms with Gasteiger partial charge in [0, 0.05) is 5.70 Å². The largest absolute Gasteiger partial charge is 0.254 e. The van der Waals surface area contributed by atoms with Crippen molar-refractivity contribution in [3.05, 3.63) is 49.2 Å². The molecule has 1 heteroatoms. The summed E-state index contributed by atoms with van der Waals surface area (Å²) in [6.45, 7) is 14.8. The van der Waals surface area contributed by atoms with Crippen LogP contribution in [-0.4, -0.2) is 5.71 Å². The van der Waals surface area contributed by atoms with Gasteiger partial charge in [-0.15, -0.1) is 0 Å². The van der Waals surface area contributed by atoms with Crippen LogP contribution in [0, 0.1) is 0 Å². The summed E-state index contributed by atoms with van der Waals surface area (Å²) in [4.78, 5) is 4.20. The Morgan fingerprint density at radius 2 is 1.83 bits per heavy atom. The molecule has 0 bridgehead atoms. The monoisotopic (exact) mass is 161 g/mol. The van der Waals surface area contributed by atoms with E-state index in [4.69, 9.17) is 0 Å². The molecule has 0 aromatic heterocycles. The van der Waals surface area contributed by atoms with Gasteiger partial charge in [0.05, 0.1) is 5.71 Å². The normalized spacial score (nSPS) is 12.5. The molecule has 0 aliphatic carbocycles. The Hall–Kier alpha value is -1.37. The predicted molar refractivity (Wildman–Crippen MR) is 56.4 cm³/mol. The number of allylic oxidation sites excluding steroid dienone is 5. The van der Waals surface area contributed by atoms with Gasteiger partial charge >= 0.3 is 0 Å². The van der Waals surface area contributed by atoms with Crippen LogP contribution in [0.3, 0.4) is 0 Å². The first-order chi connectivity index (χ1) is 5.65. The Labute approximate surface area is 74.5 Å². The molecule has 0 N–H and O–H groups in total. The van der Waals surface area contributed by atoms with Crippen LogP contribution in [0.2, 0.25) is 0 Å². The van der Waals surface area contributed by atoms with Crippen LogP contribution in [0.1, 0.15) is 13.8 Å². The smallest absolute Gasteiger partial charge is 0.0695 e. The van der Waals surface area contributed by atoms with E-state index in [0.717, 1.165) is 17.0 Å². The Morgan fingerprint density at radius 1 is 1.25 bits per heavy atom. The lowest BCUT2D eigenvalue weighted by Gasteiger charge is -2.00. The van der Waals surface area contributed by atoms with Gasteiger partial charge in [-0.25, -0.2) is 0 Å². The third kappa shape index (κ3) is 3.15. The van der Waals surface area contributed by atoms with Crippen molar-refractivity contribution in [1.29, 1.82) is 0 Å². The molecule has 0 heterocycles. The average molecular weight is 161 g/mol. The third-order valence-corrected chi connectivity index (χ3v) is 1.33. The van der Waals surface area contributed by atoms with Gasteiger partial charge in [-0.2, -0.15) is 0 Å². The first kappa shape index (κ1) is 10.6. The third-order valence-electron chi connectivity index (χ3n) is 1.33. The second-order valence-corrected chi connectivity index (χ2v) is 2.38. The van der Waals surface area contributed by atoms with E-state index in [0.29, 0.717) is 0 Å². The van der Waals surface area contributed by atoms with E-state index in [1.165, 1.54) is 0 Å². The minimum atomic E-state index is 0.770. The summed E-state index contributed by atoms with van der Waals surface area (Å²) in [7, 11) is 0. The van der Waals surface area contributed by atoms with E-state index in [2.05, 4.69) is 24.7 Å². The lowest BCUT2D eigenvalue weighted by atomic mass is 10.1. The van der Waals surface area contributed by atoms with E-state index in [9.17, 15) is 0 Å². The van der Waals surface area contributed by atoms with Gasteiger partial charge in [0.1, 0.15) is 0 Å². The van der Waals surface area contributed by atoms with Crippen LogP contribution < -0.4 is 0 Å². The van der Waals surface area contributed by atoms with Crippen LogP contribution in [0.4, 0.5) is 0 Å². The van der Waals surface area contributed by atoms with Gasteiger partial charge in [0.15, 0.2) is 0 Å². The maximum atomic E-state index is 4.20. The average Bonchev–Trinajstić information content (AvgIpc) is 2.04. The number of aliphatic imine (C=N–C) groups is 1. The van der Waals surface area contributed by atoms with Gasteiger partial charge in [-0.3, -0.25) is 4.99 Å². The maximum Gasteiger partial charge on any atom is 0.0695 e. The highest BCUT2D eigenvalue weighted by molar-refractivity contribution is 6.10. The molecule has 0 aliphatic heterocycles. The summed E-state index contributed by atoms with van der Waals surface area (Å²) in [6.07, 6.45) is 5.39. The number of nitrogens with zero attached hydrogens (tertiary/aromatic N) is 1. The molecule has 0 aromatic carbocycles. The second-order valence-electron chi connectivity index (χ2n) is 2.38. The maximum absolute atomic E-state index is 4.20. The molecule has 1 nitrogen and oxygen atoms in total. The zero-order valence-corrected chi connectivity index (χ0v) is 7.80. The summed E-state index contributed by atoms with van der Waals surface area (Å²) in [5.41, 5.74) is 2.57. The summed E-state index contributed by atoms with van der Waals surface area (Å²) < 4.78 is 0. The van der Waals surface area contributed by atoms with Crippen molar-refractivity contribution in [2.45, 2.75) is 13.8 Å². The van der Waals surface area contributed by atoms with Crippen LogP contribution >= 0.6 is 0 Å². The molecule has 64 valence electrons. The summed E-state index contributed by atoms with van der Waals surface area (Å²) in [5, 5.41) is 0. The fraction of sp³-hybridized carbons (Fsp3) is 0.182. The molecule has 0 unspecified atom stereocenters. The summed E-state index contributed by atoms with van der Waals surface area (Å²) in [6, 6.07) is 0. The summed E-state index contributed by atoms with van der Waals surface area (Å²) in [5.74, 6) is 0. The van der Waals surface area contributed by atoms with E-state index in [1.54, 1.807) is 12.2 Å². The Balaban J connectivity index is 4.89. The number of hydrogen-bond donors (Lipinski definition) is 0. The molecular weight excluding hydrogens is 146 g/mol. The van der Waals surface area contributed by atoms with Crippen molar-refractivity contribution in [1.82, 2.24) is 0 Å². The molecule has 0 saturated heterocycles. The van der Waals surface area contributed by atoms with Crippen LogP contribution in [0.15, 0.2) is 54.2 Å². The molecule has 0 fully saturated rings. The number of rotatable bonds is 4. The molecule has 0 amide bonds. The number of hydrogen-bond acceptors (Lipinski definition) is 1. The highest BCUT2D eigenvalue weighted by atomic mass is 14.7. The van der Waals surface area contributed by atoms with Crippen LogP contribution in [0.25, 0.3) is 0 Å². The first-order valence-electron chi connectivity index (χ1n) is 3.81. The molecule has 12 heavy (non-hydrogen) atoms. The minimum Gasteiger partial charge on any atom is -0.254 e. The fourth-order valence-electron chi connectivity index (χ4n) is 0.804. The molecule has 0 atom stereocenters. The first-order valence-corrected chi connectivity index (χ1v) is 3.81. The fourth-order valence-corrected chi connectivity index (χ4v) is 0.804. The molecular formula is C11H15N. The topological polar surface area (TPSA) is 12.4 Å². The molecule has 0 radical (unpaired) electrons. The lowest BCUT2D eigenvalue weighted by molar-refractivity contribution is 1.32. The molecule has 0 aromatic rings. The SMILES string of the molecule is C=CC(=NC(=C)C)/C(C=C)=C\C. The highest BCUT2D eigenvalue weighted by Gasteiger charge is 1.96. The second kappa shape index (κ2) is 5.30. The molecule has 0 saturated carbocycles. The van der Waals surface area contributed by atoms with E-state index < -0.39 is 0 Å². The zero-order chi connectivity index (χ0) is 9.56. The van der Waals surface area contributed by atoms with Crippen molar-refractivity contribution < 1.29 is 0 Å². The van der Waals surface area contributed by atoms with Gasteiger partial charge in [-0.05, 0) is 25.5 Å². The standard InChI is InChI=1S/C11H15N/c1-6-10(7-2)11(8-3)12-9(4)5/h6-8H,1,3-4H2,2,5H3/b10-7-,12-11?. The van der Waals surface area contributed by atoms with Gasteiger partial charge in [-0.1, -0.05) is 31.9 Å². The summed E-state index contributed by atoms with van der Waals surface area (Å²) >= 11 is 0. The molecule has 0 spiro atoms. The minimum absolute atomic E-state index is 0.770. The van der Waals surface area contributed by atoms with Crippen LogP contribution in [0.5, 0.6) is 0 Å². The Morgan fingerprint density at radius 3 is 2.08 bits per heavy atom. The Kier molecular flexibility index (Phi) is 4.70. The van der Waals surface area contributed by atoms with E-state index in [-0.39, 0.29) is 0 Å². The van der Waals surface area contributed by atoms with Crippen molar-refractivity contribution >= 4 is 5.71 Å². The Bertz CT molecular complexity index is 254. The highest BCUT2D eigenvalue weighted by Crippen LogP contribution is 2.04. The van der Waals surface area contributed by atoms with Crippen molar-refractivity contribution in [2.24, 2.45) is 4.99 Å². The molecule has 0 rings (SSSR count). The van der Waals surface area contributed by atoms with Crippen LogP contribution in [-0.2, 0) is 0 Å². The van der Waals surface area contributed by atoms with Gasteiger partial charge in [0.25, 0.3) is 0 Å².